The van der Waals surface area contributed by atoms with Crippen molar-refractivity contribution in [2.45, 2.75) is 13.3 Å². The van der Waals surface area contributed by atoms with Crippen LogP contribution in [0.3, 0.4) is 0 Å². The van der Waals surface area contributed by atoms with E-state index in [4.69, 9.17) is 16.3 Å². The van der Waals surface area contributed by atoms with E-state index in [1.54, 1.807) is 36.4 Å². The number of hydrogen-bond donors (Lipinski definition) is 2. The van der Waals surface area contributed by atoms with Gasteiger partial charge in [-0.2, -0.15) is 5.10 Å². The first-order chi connectivity index (χ1) is 12.5. The Morgan fingerprint density at radius 3 is 2.58 bits per heavy atom. The number of hydrogen-bond acceptors (Lipinski definition) is 4. The van der Waals surface area contributed by atoms with E-state index in [0.29, 0.717) is 22.9 Å². The Bertz CT molecular complexity index is 832. The Balaban J connectivity index is 1.56. The SMILES string of the molecule is CC1CC(=O)NN=C1c1ccc(NC(=O)COc2ccc(Cl)cc2)cc1. The zero-order valence-electron chi connectivity index (χ0n) is 14.2. The van der Waals surface area contributed by atoms with Crippen molar-refractivity contribution >= 4 is 34.8 Å². The fraction of sp³-hybridized carbons (Fsp3) is 0.211. The molecule has 3 rings (SSSR count). The van der Waals surface area contributed by atoms with Gasteiger partial charge in [-0.05, 0) is 42.0 Å². The smallest absolute Gasteiger partial charge is 0.262 e. The number of ether oxygens (including phenoxy) is 1. The summed E-state index contributed by atoms with van der Waals surface area (Å²) in [5.41, 5.74) is 4.89. The number of rotatable bonds is 5. The largest absolute Gasteiger partial charge is 0.484 e. The van der Waals surface area contributed by atoms with Gasteiger partial charge in [0, 0.05) is 23.0 Å². The summed E-state index contributed by atoms with van der Waals surface area (Å²) in [5.74, 6) is 0.289. The minimum Gasteiger partial charge on any atom is -0.484 e. The number of hydrazone groups is 1. The number of halogens is 1. The quantitative estimate of drug-likeness (QED) is 0.846. The maximum atomic E-state index is 12.0. The van der Waals surface area contributed by atoms with Crippen molar-refractivity contribution in [2.75, 3.05) is 11.9 Å². The summed E-state index contributed by atoms with van der Waals surface area (Å²) in [6, 6.07) is 14.1. The molecule has 134 valence electrons. The van der Waals surface area contributed by atoms with Crippen molar-refractivity contribution in [1.82, 2.24) is 5.43 Å². The van der Waals surface area contributed by atoms with Crippen LogP contribution in [0, 0.1) is 5.92 Å². The van der Waals surface area contributed by atoms with Crippen molar-refractivity contribution in [2.24, 2.45) is 11.0 Å². The molecule has 1 heterocycles. The third kappa shape index (κ3) is 4.61. The van der Waals surface area contributed by atoms with E-state index < -0.39 is 0 Å². The van der Waals surface area contributed by atoms with Crippen LogP contribution in [-0.4, -0.2) is 24.1 Å². The molecule has 0 fully saturated rings. The fourth-order valence-electron chi connectivity index (χ4n) is 2.60. The highest BCUT2D eigenvalue weighted by atomic mass is 35.5. The zero-order chi connectivity index (χ0) is 18.5. The van der Waals surface area contributed by atoms with Gasteiger partial charge in [0.2, 0.25) is 5.91 Å². The van der Waals surface area contributed by atoms with Gasteiger partial charge >= 0.3 is 0 Å². The first-order valence-corrected chi connectivity index (χ1v) is 8.54. The van der Waals surface area contributed by atoms with Crippen molar-refractivity contribution in [3.8, 4) is 5.75 Å². The molecule has 0 spiro atoms. The molecule has 7 heteroatoms. The topological polar surface area (TPSA) is 79.8 Å². The molecular weight excluding hydrogens is 354 g/mol. The standard InChI is InChI=1S/C19H18ClN3O3/c1-12-10-17(24)22-23-19(12)13-2-6-15(7-3-13)21-18(25)11-26-16-8-4-14(20)5-9-16/h2-9,12H,10-11H2,1H3,(H,21,25)(H,22,24). The fourth-order valence-corrected chi connectivity index (χ4v) is 2.73. The van der Waals surface area contributed by atoms with E-state index in [-0.39, 0.29) is 24.3 Å². The van der Waals surface area contributed by atoms with E-state index in [9.17, 15) is 9.59 Å². The molecule has 0 aromatic heterocycles. The van der Waals surface area contributed by atoms with E-state index in [2.05, 4.69) is 15.8 Å². The Labute approximate surface area is 156 Å². The molecule has 6 nitrogen and oxygen atoms in total. The summed E-state index contributed by atoms with van der Waals surface area (Å²) < 4.78 is 5.41. The number of anilines is 1. The van der Waals surface area contributed by atoms with Gasteiger partial charge in [-0.25, -0.2) is 5.43 Å². The lowest BCUT2D eigenvalue weighted by Gasteiger charge is -2.19. The van der Waals surface area contributed by atoms with Crippen molar-refractivity contribution in [3.63, 3.8) is 0 Å². The van der Waals surface area contributed by atoms with Gasteiger partial charge in [0.15, 0.2) is 6.61 Å². The van der Waals surface area contributed by atoms with E-state index in [0.717, 1.165) is 11.3 Å². The maximum absolute atomic E-state index is 12.0. The van der Waals surface area contributed by atoms with Crippen LogP contribution < -0.4 is 15.5 Å². The van der Waals surface area contributed by atoms with Gasteiger partial charge in [0.1, 0.15) is 5.75 Å². The summed E-state index contributed by atoms with van der Waals surface area (Å²) in [4.78, 5) is 23.3. The van der Waals surface area contributed by atoms with Crippen LogP contribution in [0.4, 0.5) is 5.69 Å². The Morgan fingerprint density at radius 2 is 1.92 bits per heavy atom. The molecule has 1 unspecified atom stereocenters. The molecule has 0 saturated heterocycles. The third-order valence-corrected chi connectivity index (χ3v) is 4.16. The molecule has 1 aliphatic rings. The maximum Gasteiger partial charge on any atom is 0.262 e. The molecule has 26 heavy (non-hydrogen) atoms. The molecule has 0 bridgehead atoms. The zero-order valence-corrected chi connectivity index (χ0v) is 14.9. The number of benzene rings is 2. The normalized spacial score (nSPS) is 16.5. The highest BCUT2D eigenvalue weighted by molar-refractivity contribution is 6.30. The molecule has 0 saturated carbocycles. The Kier molecular flexibility index (Phi) is 5.53. The molecule has 1 aliphatic heterocycles. The predicted octanol–water partition coefficient (Wildman–Crippen LogP) is 3.22. The summed E-state index contributed by atoms with van der Waals surface area (Å²) in [7, 11) is 0. The van der Waals surface area contributed by atoms with Crippen LogP contribution in [0.1, 0.15) is 18.9 Å². The molecule has 0 radical (unpaired) electrons. The minimum absolute atomic E-state index is 0.0527. The van der Waals surface area contributed by atoms with Crippen molar-refractivity contribution in [1.29, 1.82) is 0 Å². The average molecular weight is 372 g/mol. The van der Waals surface area contributed by atoms with Crippen LogP contribution >= 0.6 is 11.6 Å². The van der Waals surface area contributed by atoms with Crippen LogP contribution in [-0.2, 0) is 9.59 Å². The van der Waals surface area contributed by atoms with E-state index in [1.807, 2.05) is 19.1 Å². The summed E-state index contributed by atoms with van der Waals surface area (Å²) in [6.45, 7) is 1.86. The van der Waals surface area contributed by atoms with Crippen molar-refractivity contribution < 1.29 is 14.3 Å². The van der Waals surface area contributed by atoms with Gasteiger partial charge in [0.25, 0.3) is 5.91 Å². The molecule has 0 aliphatic carbocycles. The second-order valence-electron chi connectivity index (χ2n) is 6.01. The lowest BCUT2D eigenvalue weighted by atomic mass is 9.94. The predicted molar refractivity (Wildman–Crippen MR) is 100 cm³/mol. The first-order valence-electron chi connectivity index (χ1n) is 8.16. The lowest BCUT2D eigenvalue weighted by molar-refractivity contribution is -0.122. The second kappa shape index (κ2) is 8.01. The Hall–Kier alpha value is -2.86. The summed E-state index contributed by atoms with van der Waals surface area (Å²) >= 11 is 5.80. The monoisotopic (exact) mass is 371 g/mol. The highest BCUT2D eigenvalue weighted by Gasteiger charge is 2.21. The second-order valence-corrected chi connectivity index (χ2v) is 6.44. The number of carbonyl (C=O) groups excluding carboxylic acids is 2. The third-order valence-electron chi connectivity index (χ3n) is 3.91. The van der Waals surface area contributed by atoms with Crippen LogP contribution in [0.5, 0.6) is 5.75 Å². The van der Waals surface area contributed by atoms with Gasteiger partial charge in [-0.15, -0.1) is 0 Å². The summed E-state index contributed by atoms with van der Waals surface area (Å²) in [5, 5.41) is 7.50. The van der Waals surface area contributed by atoms with E-state index in [1.165, 1.54) is 0 Å². The number of carbonyl (C=O) groups is 2. The number of nitrogens with one attached hydrogen (secondary N) is 2. The van der Waals surface area contributed by atoms with Gasteiger partial charge in [0.05, 0.1) is 5.71 Å². The first kappa shape index (κ1) is 17.9. The van der Waals surface area contributed by atoms with Crippen LogP contribution in [0.15, 0.2) is 53.6 Å². The molecule has 2 aromatic rings. The number of nitrogens with zero attached hydrogens (tertiary/aromatic N) is 1. The van der Waals surface area contributed by atoms with Gasteiger partial charge < -0.3 is 10.1 Å². The lowest BCUT2D eigenvalue weighted by Crippen LogP contribution is -2.31. The molecule has 2 aromatic carbocycles. The van der Waals surface area contributed by atoms with Gasteiger partial charge in [-0.3, -0.25) is 9.59 Å². The molecule has 2 N–H and O–H groups in total. The minimum atomic E-state index is -0.261. The Morgan fingerprint density at radius 1 is 1.23 bits per heavy atom. The average Bonchev–Trinajstić information content (AvgIpc) is 2.62. The molecule has 1 atom stereocenters. The van der Waals surface area contributed by atoms with Crippen LogP contribution in [0.2, 0.25) is 5.02 Å². The molecular formula is C19H18ClN3O3. The van der Waals surface area contributed by atoms with Gasteiger partial charge in [-0.1, -0.05) is 30.7 Å². The van der Waals surface area contributed by atoms with Crippen LogP contribution in [0.25, 0.3) is 0 Å². The summed E-state index contributed by atoms with van der Waals surface area (Å²) in [6.07, 6.45) is 0.416. The molecule has 2 amide bonds. The van der Waals surface area contributed by atoms with Crippen molar-refractivity contribution in [3.05, 3.63) is 59.1 Å². The highest BCUT2D eigenvalue weighted by Crippen LogP contribution is 2.19. The van der Waals surface area contributed by atoms with E-state index >= 15 is 0 Å². The number of amides is 2.